The lowest BCUT2D eigenvalue weighted by Crippen LogP contribution is -2.25. The third-order valence-corrected chi connectivity index (χ3v) is 3.85. The molecule has 0 saturated carbocycles. The molecule has 108 valence electrons. The SMILES string of the molecule is N#Cc1cc(F)c(CNC2CCCc3occc32)c(F)c1. The number of nitrogens with zero attached hydrogens (tertiary/aromatic N) is 1. The van der Waals surface area contributed by atoms with Crippen molar-refractivity contribution in [2.24, 2.45) is 0 Å². The molecule has 1 aromatic carbocycles. The number of halogens is 2. The fourth-order valence-corrected chi connectivity index (χ4v) is 2.76. The lowest BCUT2D eigenvalue weighted by molar-refractivity contribution is 0.404. The predicted molar refractivity (Wildman–Crippen MR) is 72.3 cm³/mol. The highest BCUT2D eigenvalue weighted by Crippen LogP contribution is 2.30. The number of hydrogen-bond donors (Lipinski definition) is 1. The van der Waals surface area contributed by atoms with Gasteiger partial charge in [0.2, 0.25) is 0 Å². The Morgan fingerprint density at radius 2 is 2.10 bits per heavy atom. The predicted octanol–water partition coefficient (Wildman–Crippen LogP) is 3.60. The summed E-state index contributed by atoms with van der Waals surface area (Å²) in [7, 11) is 0. The molecule has 21 heavy (non-hydrogen) atoms. The molecule has 1 aliphatic carbocycles. The molecule has 1 unspecified atom stereocenters. The van der Waals surface area contributed by atoms with E-state index in [1.54, 1.807) is 12.3 Å². The van der Waals surface area contributed by atoms with Crippen LogP contribution in [0.3, 0.4) is 0 Å². The Bertz CT molecular complexity index is 680. The van der Waals surface area contributed by atoms with Gasteiger partial charge in [0.1, 0.15) is 17.4 Å². The summed E-state index contributed by atoms with van der Waals surface area (Å²) in [4.78, 5) is 0. The molecule has 0 bridgehead atoms. The van der Waals surface area contributed by atoms with E-state index in [0.717, 1.165) is 42.7 Å². The molecule has 3 nitrogen and oxygen atoms in total. The van der Waals surface area contributed by atoms with Crippen molar-refractivity contribution < 1.29 is 13.2 Å². The van der Waals surface area contributed by atoms with Crippen LogP contribution >= 0.6 is 0 Å². The number of furan rings is 1. The quantitative estimate of drug-likeness (QED) is 0.938. The molecule has 3 rings (SSSR count). The Balaban J connectivity index is 1.77. The van der Waals surface area contributed by atoms with Crippen LogP contribution in [-0.2, 0) is 13.0 Å². The van der Waals surface area contributed by atoms with E-state index in [-0.39, 0.29) is 23.7 Å². The number of aryl methyl sites for hydroxylation is 1. The zero-order valence-electron chi connectivity index (χ0n) is 11.3. The fourth-order valence-electron chi connectivity index (χ4n) is 2.76. The van der Waals surface area contributed by atoms with Crippen LogP contribution in [0.1, 0.15) is 41.3 Å². The molecule has 1 atom stereocenters. The van der Waals surface area contributed by atoms with E-state index in [9.17, 15) is 8.78 Å². The van der Waals surface area contributed by atoms with Crippen LogP contribution in [-0.4, -0.2) is 0 Å². The van der Waals surface area contributed by atoms with Crippen LogP contribution in [0.25, 0.3) is 0 Å². The Morgan fingerprint density at radius 1 is 1.33 bits per heavy atom. The number of nitriles is 1. The molecule has 2 aromatic rings. The largest absolute Gasteiger partial charge is 0.469 e. The van der Waals surface area contributed by atoms with E-state index in [0.29, 0.717) is 0 Å². The maximum Gasteiger partial charge on any atom is 0.131 e. The van der Waals surface area contributed by atoms with Crippen LogP contribution in [0.5, 0.6) is 0 Å². The summed E-state index contributed by atoms with van der Waals surface area (Å²) in [6.45, 7) is 0.0820. The van der Waals surface area contributed by atoms with Crippen LogP contribution in [0.2, 0.25) is 0 Å². The van der Waals surface area contributed by atoms with Crippen LogP contribution in [0, 0.1) is 23.0 Å². The molecule has 1 N–H and O–H groups in total. The first kappa shape index (κ1) is 13.8. The topological polar surface area (TPSA) is 49.0 Å². The highest BCUT2D eigenvalue weighted by molar-refractivity contribution is 5.34. The number of benzene rings is 1. The summed E-state index contributed by atoms with van der Waals surface area (Å²) in [5.74, 6) is -0.441. The Morgan fingerprint density at radius 3 is 2.81 bits per heavy atom. The lowest BCUT2D eigenvalue weighted by Gasteiger charge is -2.23. The molecule has 0 radical (unpaired) electrons. The van der Waals surface area contributed by atoms with Crippen molar-refractivity contribution in [3.8, 4) is 6.07 Å². The molecule has 1 aromatic heterocycles. The van der Waals surface area contributed by atoms with Crippen molar-refractivity contribution >= 4 is 0 Å². The van der Waals surface area contributed by atoms with Crippen LogP contribution < -0.4 is 5.32 Å². The second kappa shape index (κ2) is 5.66. The zero-order valence-corrected chi connectivity index (χ0v) is 11.3. The van der Waals surface area contributed by atoms with E-state index < -0.39 is 11.6 Å². The van der Waals surface area contributed by atoms with Crippen molar-refractivity contribution in [3.63, 3.8) is 0 Å². The second-order valence-corrected chi connectivity index (χ2v) is 5.16. The van der Waals surface area contributed by atoms with Gasteiger partial charge < -0.3 is 9.73 Å². The smallest absolute Gasteiger partial charge is 0.131 e. The maximum absolute atomic E-state index is 13.8. The molecule has 1 aliphatic rings. The minimum atomic E-state index is -0.692. The summed E-state index contributed by atoms with van der Waals surface area (Å²) in [5, 5.41) is 11.9. The number of rotatable bonds is 3. The molecule has 0 fully saturated rings. The highest BCUT2D eigenvalue weighted by atomic mass is 19.1. The van der Waals surface area contributed by atoms with E-state index in [4.69, 9.17) is 9.68 Å². The first-order chi connectivity index (χ1) is 10.2. The van der Waals surface area contributed by atoms with Gasteiger partial charge in [-0.3, -0.25) is 0 Å². The third-order valence-electron chi connectivity index (χ3n) is 3.85. The summed E-state index contributed by atoms with van der Waals surface area (Å²) >= 11 is 0. The molecule has 5 heteroatoms. The zero-order chi connectivity index (χ0) is 14.8. The monoisotopic (exact) mass is 288 g/mol. The van der Waals surface area contributed by atoms with Gasteiger partial charge in [0, 0.05) is 30.1 Å². The van der Waals surface area contributed by atoms with Crippen molar-refractivity contribution in [2.45, 2.75) is 31.8 Å². The van der Waals surface area contributed by atoms with Gasteiger partial charge in [0.05, 0.1) is 17.9 Å². The minimum absolute atomic E-state index is 0.0106. The van der Waals surface area contributed by atoms with Crippen molar-refractivity contribution in [1.29, 1.82) is 5.26 Å². The van der Waals surface area contributed by atoms with E-state index in [2.05, 4.69) is 5.32 Å². The number of nitrogens with one attached hydrogen (secondary N) is 1. The van der Waals surface area contributed by atoms with E-state index >= 15 is 0 Å². The van der Waals surface area contributed by atoms with Crippen molar-refractivity contribution in [1.82, 2.24) is 5.32 Å². The highest BCUT2D eigenvalue weighted by Gasteiger charge is 2.23. The molecular formula is C16H14F2N2O. The minimum Gasteiger partial charge on any atom is -0.469 e. The molecule has 0 amide bonds. The number of hydrogen-bond acceptors (Lipinski definition) is 3. The molecule has 0 aliphatic heterocycles. The first-order valence-electron chi connectivity index (χ1n) is 6.86. The molecule has 1 heterocycles. The fraction of sp³-hybridized carbons (Fsp3) is 0.312. The normalized spacial score (nSPS) is 17.3. The molecule has 0 spiro atoms. The van der Waals surface area contributed by atoms with Crippen molar-refractivity contribution in [2.75, 3.05) is 0 Å². The van der Waals surface area contributed by atoms with Gasteiger partial charge in [0.15, 0.2) is 0 Å². The third kappa shape index (κ3) is 2.67. The standard InChI is InChI=1S/C16H14F2N2O/c17-13-6-10(8-19)7-14(18)12(13)9-20-15-2-1-3-16-11(15)4-5-21-16/h4-7,15,20H,1-3,9H2. The Kier molecular flexibility index (Phi) is 3.72. The van der Waals surface area contributed by atoms with Gasteiger partial charge >= 0.3 is 0 Å². The van der Waals surface area contributed by atoms with Gasteiger partial charge in [0.25, 0.3) is 0 Å². The van der Waals surface area contributed by atoms with Gasteiger partial charge in [-0.25, -0.2) is 8.78 Å². The number of fused-ring (bicyclic) bond motifs is 1. The van der Waals surface area contributed by atoms with Gasteiger partial charge in [-0.1, -0.05) is 0 Å². The Hall–Kier alpha value is -2.19. The second-order valence-electron chi connectivity index (χ2n) is 5.16. The summed E-state index contributed by atoms with van der Waals surface area (Å²) in [6, 6.07) is 5.80. The molecular weight excluding hydrogens is 274 g/mol. The summed E-state index contributed by atoms with van der Waals surface area (Å²) in [5.41, 5.74) is 1.02. The maximum atomic E-state index is 13.8. The lowest BCUT2D eigenvalue weighted by atomic mass is 9.93. The average molecular weight is 288 g/mol. The average Bonchev–Trinajstić information content (AvgIpc) is 2.95. The molecule has 0 saturated heterocycles. The van der Waals surface area contributed by atoms with Crippen molar-refractivity contribution in [3.05, 3.63) is 58.5 Å². The van der Waals surface area contributed by atoms with Gasteiger partial charge in [-0.05, 0) is 31.0 Å². The van der Waals surface area contributed by atoms with E-state index in [1.165, 1.54) is 0 Å². The van der Waals surface area contributed by atoms with Gasteiger partial charge in [-0.2, -0.15) is 5.26 Å². The van der Waals surface area contributed by atoms with E-state index in [1.807, 2.05) is 6.07 Å². The first-order valence-corrected chi connectivity index (χ1v) is 6.86. The van der Waals surface area contributed by atoms with Crippen LogP contribution in [0.4, 0.5) is 8.78 Å². The Labute approximate surface area is 121 Å². The summed E-state index contributed by atoms with van der Waals surface area (Å²) in [6.07, 6.45) is 4.44. The van der Waals surface area contributed by atoms with Crippen LogP contribution in [0.15, 0.2) is 28.9 Å². The summed E-state index contributed by atoms with van der Waals surface area (Å²) < 4.78 is 33.1. The van der Waals surface area contributed by atoms with Gasteiger partial charge in [-0.15, -0.1) is 0 Å².